The van der Waals surface area contributed by atoms with E-state index in [0.717, 1.165) is 26.2 Å². The molecule has 0 spiro atoms. The number of aromatic nitrogens is 2. The van der Waals surface area contributed by atoms with Crippen molar-refractivity contribution < 1.29 is 4.74 Å². The van der Waals surface area contributed by atoms with Crippen molar-refractivity contribution in [3.63, 3.8) is 0 Å². The van der Waals surface area contributed by atoms with Crippen LogP contribution < -0.4 is 11.1 Å². The summed E-state index contributed by atoms with van der Waals surface area (Å²) in [6.45, 7) is 5.98. The van der Waals surface area contributed by atoms with Crippen LogP contribution in [-0.2, 0) is 4.74 Å². The molecule has 5 nitrogen and oxygen atoms in total. The van der Waals surface area contributed by atoms with Crippen molar-refractivity contribution in [2.45, 2.75) is 20.3 Å². The first-order chi connectivity index (χ1) is 7.65. The van der Waals surface area contributed by atoms with Crippen LogP contribution in [0.1, 0.15) is 19.0 Å². The maximum Gasteiger partial charge on any atom is 0.224 e. The Labute approximate surface area is 100 Å². The van der Waals surface area contributed by atoms with Crippen molar-refractivity contribution in [1.29, 1.82) is 0 Å². The molecule has 1 aromatic rings. The summed E-state index contributed by atoms with van der Waals surface area (Å²) in [6, 6.07) is 0. The van der Waals surface area contributed by atoms with E-state index < -0.39 is 0 Å². The lowest BCUT2D eigenvalue weighted by molar-refractivity contribution is 0.147. The Bertz CT molecular complexity index is 346. The van der Waals surface area contributed by atoms with E-state index in [1.54, 1.807) is 6.92 Å². The quantitative estimate of drug-likeness (QED) is 0.590. The van der Waals surface area contributed by atoms with E-state index in [1.807, 2.05) is 6.92 Å². The molecule has 0 saturated carbocycles. The summed E-state index contributed by atoms with van der Waals surface area (Å²) in [6.07, 6.45) is 0.897. The van der Waals surface area contributed by atoms with E-state index in [9.17, 15) is 0 Å². The third kappa shape index (κ3) is 3.83. The predicted octanol–water partition coefficient (Wildman–Crippen LogP) is 1.86. The van der Waals surface area contributed by atoms with Gasteiger partial charge in [0.05, 0.1) is 11.4 Å². The molecule has 90 valence electrons. The first kappa shape index (κ1) is 13.0. The van der Waals surface area contributed by atoms with Gasteiger partial charge >= 0.3 is 0 Å². The minimum Gasteiger partial charge on any atom is -0.394 e. The second-order valence-corrected chi connectivity index (χ2v) is 3.66. The number of hydrogen-bond acceptors (Lipinski definition) is 5. The fourth-order valence-electron chi connectivity index (χ4n) is 1.21. The molecule has 0 aliphatic heterocycles. The molecule has 0 fully saturated rings. The minimum atomic E-state index is 0.207. The third-order valence-electron chi connectivity index (χ3n) is 2.07. The van der Waals surface area contributed by atoms with Gasteiger partial charge in [-0.15, -0.1) is 0 Å². The highest BCUT2D eigenvalue weighted by Gasteiger charge is 2.06. The number of hydrogen-bond donors (Lipinski definition) is 2. The van der Waals surface area contributed by atoms with Crippen molar-refractivity contribution in [3.8, 4) is 0 Å². The molecule has 0 aliphatic carbocycles. The molecule has 1 aromatic heterocycles. The van der Waals surface area contributed by atoms with E-state index in [-0.39, 0.29) is 5.28 Å². The van der Waals surface area contributed by atoms with Gasteiger partial charge in [-0.2, -0.15) is 4.98 Å². The summed E-state index contributed by atoms with van der Waals surface area (Å²) < 4.78 is 5.22. The van der Waals surface area contributed by atoms with Gasteiger partial charge in [0.25, 0.3) is 0 Å². The molecule has 0 aromatic carbocycles. The van der Waals surface area contributed by atoms with Gasteiger partial charge in [-0.05, 0) is 31.9 Å². The topological polar surface area (TPSA) is 73.1 Å². The summed E-state index contributed by atoms with van der Waals surface area (Å²) in [5, 5.41) is 3.32. The maximum absolute atomic E-state index is 5.81. The second kappa shape index (κ2) is 6.50. The Balaban J connectivity index is 2.47. The molecular formula is C10H17ClN4O. The summed E-state index contributed by atoms with van der Waals surface area (Å²) >= 11 is 5.74. The molecule has 0 unspecified atom stereocenters. The molecule has 1 rings (SSSR count). The lowest BCUT2D eigenvalue weighted by Crippen LogP contribution is -2.10. The molecule has 6 heteroatoms. The highest BCUT2D eigenvalue weighted by atomic mass is 35.5. The van der Waals surface area contributed by atoms with Crippen LogP contribution in [0.25, 0.3) is 0 Å². The van der Waals surface area contributed by atoms with Gasteiger partial charge in [-0.1, -0.05) is 0 Å². The molecule has 0 atom stereocenters. The van der Waals surface area contributed by atoms with Crippen LogP contribution in [0.5, 0.6) is 0 Å². The third-order valence-corrected chi connectivity index (χ3v) is 2.24. The average molecular weight is 245 g/mol. The number of nitrogens with two attached hydrogens (primary N) is 1. The van der Waals surface area contributed by atoms with Crippen molar-refractivity contribution in [2.75, 3.05) is 30.8 Å². The van der Waals surface area contributed by atoms with Crippen LogP contribution in [0.2, 0.25) is 5.28 Å². The number of nitrogens with zero attached hydrogens (tertiary/aromatic N) is 2. The number of rotatable bonds is 6. The van der Waals surface area contributed by atoms with Crippen LogP contribution in [-0.4, -0.2) is 29.7 Å². The van der Waals surface area contributed by atoms with Crippen molar-refractivity contribution >= 4 is 23.1 Å². The molecule has 0 amide bonds. The van der Waals surface area contributed by atoms with Crippen LogP contribution in [0, 0.1) is 6.92 Å². The Morgan fingerprint density at radius 3 is 2.88 bits per heavy atom. The van der Waals surface area contributed by atoms with E-state index in [1.165, 1.54) is 0 Å². The van der Waals surface area contributed by atoms with Crippen LogP contribution in [0.3, 0.4) is 0 Å². The second-order valence-electron chi connectivity index (χ2n) is 3.32. The van der Waals surface area contributed by atoms with Gasteiger partial charge in [-0.25, -0.2) is 4.98 Å². The van der Waals surface area contributed by atoms with Gasteiger partial charge in [0, 0.05) is 19.8 Å². The molecule has 1 heterocycles. The standard InChI is InChI=1S/C10H17ClN4O/c1-3-16-6-4-5-13-9-8(12)7(2)14-10(11)15-9/h3-6,12H2,1-2H3,(H,13,14,15). The van der Waals surface area contributed by atoms with Gasteiger partial charge in [0.2, 0.25) is 5.28 Å². The SMILES string of the molecule is CCOCCCNc1nc(Cl)nc(C)c1N. The number of ether oxygens (including phenoxy) is 1. The molecular weight excluding hydrogens is 228 g/mol. The van der Waals surface area contributed by atoms with E-state index in [4.69, 9.17) is 22.1 Å². The van der Waals surface area contributed by atoms with Gasteiger partial charge < -0.3 is 15.8 Å². The summed E-state index contributed by atoms with van der Waals surface area (Å²) in [7, 11) is 0. The summed E-state index contributed by atoms with van der Waals surface area (Å²) in [5.41, 5.74) is 7.04. The molecule has 0 bridgehead atoms. The van der Waals surface area contributed by atoms with Crippen LogP contribution in [0.15, 0.2) is 0 Å². The number of aryl methyl sites for hydroxylation is 1. The van der Waals surface area contributed by atoms with E-state index in [0.29, 0.717) is 17.2 Å². The number of nitrogen functional groups attached to an aromatic ring is 1. The smallest absolute Gasteiger partial charge is 0.224 e. The Morgan fingerprint density at radius 1 is 1.44 bits per heavy atom. The van der Waals surface area contributed by atoms with Gasteiger partial charge in [0.15, 0.2) is 5.82 Å². The molecule has 0 saturated heterocycles. The lowest BCUT2D eigenvalue weighted by Gasteiger charge is -2.09. The Kier molecular flexibility index (Phi) is 5.28. The normalized spacial score (nSPS) is 10.4. The lowest BCUT2D eigenvalue weighted by atomic mass is 10.3. The number of nitrogens with one attached hydrogen (secondary N) is 1. The summed E-state index contributed by atoms with van der Waals surface area (Å²) in [5.74, 6) is 0.592. The molecule has 16 heavy (non-hydrogen) atoms. The summed E-state index contributed by atoms with van der Waals surface area (Å²) in [4.78, 5) is 7.98. The maximum atomic E-state index is 5.81. The van der Waals surface area contributed by atoms with Crippen LogP contribution in [0.4, 0.5) is 11.5 Å². The fourth-order valence-corrected chi connectivity index (χ4v) is 1.42. The minimum absolute atomic E-state index is 0.207. The highest BCUT2D eigenvalue weighted by Crippen LogP contribution is 2.20. The van der Waals surface area contributed by atoms with E-state index >= 15 is 0 Å². The Morgan fingerprint density at radius 2 is 2.19 bits per heavy atom. The molecule has 0 radical (unpaired) electrons. The number of anilines is 2. The Hall–Kier alpha value is -1.07. The average Bonchev–Trinajstić information content (AvgIpc) is 2.24. The zero-order valence-electron chi connectivity index (χ0n) is 9.59. The van der Waals surface area contributed by atoms with Gasteiger partial charge in [0.1, 0.15) is 0 Å². The zero-order chi connectivity index (χ0) is 12.0. The molecule has 3 N–H and O–H groups in total. The van der Waals surface area contributed by atoms with Crippen molar-refractivity contribution in [3.05, 3.63) is 11.0 Å². The zero-order valence-corrected chi connectivity index (χ0v) is 10.3. The van der Waals surface area contributed by atoms with Crippen molar-refractivity contribution in [1.82, 2.24) is 9.97 Å². The highest BCUT2D eigenvalue weighted by molar-refractivity contribution is 6.28. The number of halogens is 1. The van der Waals surface area contributed by atoms with Crippen molar-refractivity contribution in [2.24, 2.45) is 0 Å². The van der Waals surface area contributed by atoms with E-state index in [2.05, 4.69) is 15.3 Å². The van der Waals surface area contributed by atoms with Gasteiger partial charge in [-0.3, -0.25) is 0 Å². The fraction of sp³-hybridized carbons (Fsp3) is 0.600. The first-order valence-corrected chi connectivity index (χ1v) is 5.64. The molecule has 0 aliphatic rings. The van der Waals surface area contributed by atoms with Crippen LogP contribution >= 0.6 is 11.6 Å². The monoisotopic (exact) mass is 244 g/mol. The largest absolute Gasteiger partial charge is 0.394 e. The first-order valence-electron chi connectivity index (χ1n) is 5.26. The predicted molar refractivity (Wildman–Crippen MR) is 65.8 cm³/mol.